The number of carbonyl (C=O) groups is 2. The smallest absolute Gasteiger partial charge is 0.265 e. The first-order valence-corrected chi connectivity index (χ1v) is 9.05. The monoisotopic (exact) mass is 395 g/mol. The lowest BCUT2D eigenvalue weighted by atomic mass is 9.79. The molecule has 6 nitrogen and oxygen atoms in total. The SMILES string of the molecule is Cl.NCC1(C(=O)Nc2cccc(NC(=O)c3cccs3)c2)CCOCC1. The Kier molecular flexibility index (Phi) is 7.16. The van der Waals surface area contributed by atoms with Gasteiger partial charge in [-0.15, -0.1) is 23.7 Å². The van der Waals surface area contributed by atoms with Gasteiger partial charge in [-0.3, -0.25) is 9.59 Å². The van der Waals surface area contributed by atoms with Gasteiger partial charge < -0.3 is 21.1 Å². The molecule has 2 amide bonds. The average Bonchev–Trinajstić information content (AvgIpc) is 3.17. The average molecular weight is 396 g/mol. The molecule has 3 rings (SSSR count). The van der Waals surface area contributed by atoms with Crippen LogP contribution < -0.4 is 16.4 Å². The van der Waals surface area contributed by atoms with Gasteiger partial charge in [0.1, 0.15) is 0 Å². The summed E-state index contributed by atoms with van der Waals surface area (Å²) in [5, 5.41) is 7.62. The minimum Gasteiger partial charge on any atom is -0.381 e. The zero-order valence-corrected chi connectivity index (χ0v) is 15.8. The van der Waals surface area contributed by atoms with E-state index in [1.165, 1.54) is 11.3 Å². The molecule has 4 N–H and O–H groups in total. The van der Waals surface area contributed by atoms with Crippen LogP contribution in [0.25, 0.3) is 0 Å². The molecule has 140 valence electrons. The highest BCUT2D eigenvalue weighted by Gasteiger charge is 2.38. The Morgan fingerprint density at radius 2 is 1.81 bits per heavy atom. The Balaban J connectivity index is 0.00000243. The lowest BCUT2D eigenvalue weighted by Gasteiger charge is -2.34. The van der Waals surface area contributed by atoms with Crippen LogP contribution >= 0.6 is 23.7 Å². The largest absolute Gasteiger partial charge is 0.381 e. The summed E-state index contributed by atoms with van der Waals surface area (Å²) in [7, 11) is 0. The molecule has 1 aromatic heterocycles. The molecule has 0 spiro atoms. The van der Waals surface area contributed by atoms with Crippen LogP contribution in [-0.2, 0) is 9.53 Å². The van der Waals surface area contributed by atoms with Crippen molar-refractivity contribution in [1.82, 2.24) is 0 Å². The third-order valence-electron chi connectivity index (χ3n) is 4.45. The minimum atomic E-state index is -0.589. The Bertz CT molecular complexity index is 746. The maximum Gasteiger partial charge on any atom is 0.265 e. The number of rotatable bonds is 5. The maximum atomic E-state index is 12.7. The fraction of sp³-hybridized carbons (Fsp3) is 0.333. The second kappa shape index (κ2) is 9.14. The molecule has 1 aromatic carbocycles. The molecule has 0 bridgehead atoms. The Hall–Kier alpha value is -1.93. The van der Waals surface area contributed by atoms with Gasteiger partial charge >= 0.3 is 0 Å². The maximum absolute atomic E-state index is 12.7. The molecule has 1 aliphatic rings. The van der Waals surface area contributed by atoms with Crippen molar-refractivity contribution in [2.45, 2.75) is 12.8 Å². The first-order chi connectivity index (χ1) is 12.1. The lowest BCUT2D eigenvalue weighted by molar-refractivity contribution is -0.130. The van der Waals surface area contributed by atoms with Crippen LogP contribution in [0.3, 0.4) is 0 Å². The molecule has 0 atom stereocenters. The highest BCUT2D eigenvalue weighted by molar-refractivity contribution is 7.12. The number of benzene rings is 1. The normalized spacial score (nSPS) is 15.6. The first kappa shape index (κ1) is 20.4. The summed E-state index contributed by atoms with van der Waals surface area (Å²) in [6.45, 7) is 1.38. The van der Waals surface area contributed by atoms with E-state index in [4.69, 9.17) is 10.5 Å². The van der Waals surface area contributed by atoms with Crippen LogP contribution in [0.15, 0.2) is 41.8 Å². The number of amides is 2. The van der Waals surface area contributed by atoms with Crippen molar-refractivity contribution in [3.63, 3.8) is 0 Å². The standard InChI is InChI=1S/C18H21N3O3S.ClH/c19-12-18(6-8-24-9-7-18)17(23)21-14-4-1-3-13(11-14)20-16(22)15-5-2-10-25-15;/h1-5,10-11H,6-9,12,19H2,(H,20,22)(H,21,23);1H. The summed E-state index contributed by atoms with van der Waals surface area (Å²) in [4.78, 5) is 25.5. The van der Waals surface area contributed by atoms with Gasteiger partial charge in [-0.2, -0.15) is 0 Å². The quantitative estimate of drug-likeness (QED) is 0.725. The number of carbonyl (C=O) groups excluding carboxylic acids is 2. The van der Waals surface area contributed by atoms with Crippen molar-refractivity contribution in [2.24, 2.45) is 11.1 Å². The summed E-state index contributed by atoms with van der Waals surface area (Å²) >= 11 is 1.38. The van der Waals surface area contributed by atoms with E-state index in [0.29, 0.717) is 42.3 Å². The van der Waals surface area contributed by atoms with Crippen molar-refractivity contribution >= 4 is 46.9 Å². The van der Waals surface area contributed by atoms with Gasteiger partial charge in [-0.25, -0.2) is 0 Å². The van der Waals surface area contributed by atoms with Crippen LogP contribution in [-0.4, -0.2) is 31.6 Å². The Morgan fingerprint density at radius 1 is 1.12 bits per heavy atom. The predicted molar refractivity (Wildman–Crippen MR) is 106 cm³/mol. The third-order valence-corrected chi connectivity index (χ3v) is 5.31. The summed E-state index contributed by atoms with van der Waals surface area (Å²) < 4.78 is 5.34. The van der Waals surface area contributed by atoms with Crippen molar-refractivity contribution in [2.75, 3.05) is 30.4 Å². The van der Waals surface area contributed by atoms with Crippen molar-refractivity contribution in [1.29, 1.82) is 0 Å². The molecule has 0 saturated carbocycles. The van der Waals surface area contributed by atoms with Crippen LogP contribution in [0, 0.1) is 5.41 Å². The third kappa shape index (κ3) is 4.62. The number of nitrogens with one attached hydrogen (secondary N) is 2. The minimum absolute atomic E-state index is 0. The molecule has 2 heterocycles. The Morgan fingerprint density at radius 3 is 2.42 bits per heavy atom. The van der Waals surface area contributed by atoms with Gasteiger partial charge in [0.2, 0.25) is 5.91 Å². The van der Waals surface area contributed by atoms with Crippen molar-refractivity contribution in [3.8, 4) is 0 Å². The first-order valence-electron chi connectivity index (χ1n) is 8.17. The molecule has 26 heavy (non-hydrogen) atoms. The molecule has 2 aromatic rings. The highest BCUT2D eigenvalue weighted by atomic mass is 35.5. The zero-order chi connectivity index (χ0) is 17.7. The molecule has 0 aliphatic carbocycles. The van der Waals surface area contributed by atoms with E-state index in [-0.39, 0.29) is 30.8 Å². The fourth-order valence-electron chi connectivity index (χ4n) is 2.82. The van der Waals surface area contributed by atoms with E-state index in [2.05, 4.69) is 10.6 Å². The summed E-state index contributed by atoms with van der Waals surface area (Å²) in [6.07, 6.45) is 1.23. The molecule has 0 radical (unpaired) electrons. The van der Waals surface area contributed by atoms with Gasteiger partial charge in [-0.05, 0) is 42.5 Å². The molecule has 1 fully saturated rings. The van der Waals surface area contributed by atoms with Crippen molar-refractivity contribution < 1.29 is 14.3 Å². The summed E-state index contributed by atoms with van der Waals surface area (Å²) in [5.74, 6) is -0.263. The summed E-state index contributed by atoms with van der Waals surface area (Å²) in [6, 6.07) is 10.7. The molecule has 0 unspecified atom stereocenters. The van der Waals surface area contributed by atoms with Crippen LogP contribution in [0.1, 0.15) is 22.5 Å². The number of anilines is 2. The van der Waals surface area contributed by atoms with Gasteiger partial charge in [0, 0.05) is 31.1 Å². The molecular formula is C18H22ClN3O3S. The van der Waals surface area contributed by atoms with E-state index in [1.807, 2.05) is 11.4 Å². The second-order valence-electron chi connectivity index (χ2n) is 6.06. The van der Waals surface area contributed by atoms with E-state index in [1.54, 1.807) is 30.3 Å². The Labute approximate surface area is 162 Å². The van der Waals surface area contributed by atoms with Crippen LogP contribution in [0.2, 0.25) is 0 Å². The van der Waals surface area contributed by atoms with Gasteiger partial charge in [-0.1, -0.05) is 12.1 Å². The van der Waals surface area contributed by atoms with E-state index >= 15 is 0 Å². The van der Waals surface area contributed by atoms with E-state index in [9.17, 15) is 9.59 Å². The fourth-order valence-corrected chi connectivity index (χ4v) is 3.44. The lowest BCUT2D eigenvalue weighted by Crippen LogP contribution is -2.46. The van der Waals surface area contributed by atoms with Gasteiger partial charge in [0.15, 0.2) is 0 Å². The molecule has 8 heteroatoms. The number of hydrogen-bond acceptors (Lipinski definition) is 5. The van der Waals surface area contributed by atoms with Crippen LogP contribution in [0.4, 0.5) is 11.4 Å². The summed E-state index contributed by atoms with van der Waals surface area (Å²) in [5.41, 5.74) is 6.54. The molecular weight excluding hydrogens is 374 g/mol. The number of halogens is 1. The van der Waals surface area contributed by atoms with Gasteiger partial charge in [0.05, 0.1) is 10.3 Å². The number of nitrogens with two attached hydrogens (primary N) is 1. The second-order valence-corrected chi connectivity index (χ2v) is 7.01. The zero-order valence-electron chi connectivity index (χ0n) is 14.2. The van der Waals surface area contributed by atoms with Crippen molar-refractivity contribution in [3.05, 3.63) is 46.7 Å². The molecule has 1 aliphatic heterocycles. The topological polar surface area (TPSA) is 93.5 Å². The number of thiophene rings is 1. The van der Waals surface area contributed by atoms with Crippen LogP contribution in [0.5, 0.6) is 0 Å². The van der Waals surface area contributed by atoms with E-state index < -0.39 is 5.41 Å². The number of hydrogen-bond donors (Lipinski definition) is 3. The molecule has 1 saturated heterocycles. The van der Waals surface area contributed by atoms with Gasteiger partial charge in [0.25, 0.3) is 5.91 Å². The highest BCUT2D eigenvalue weighted by Crippen LogP contribution is 2.31. The predicted octanol–water partition coefficient (Wildman–Crippen LogP) is 3.12. The van der Waals surface area contributed by atoms with E-state index in [0.717, 1.165) is 0 Å². The number of ether oxygens (including phenoxy) is 1.